The zero-order valence-electron chi connectivity index (χ0n) is 10.4. The highest BCUT2D eigenvalue weighted by molar-refractivity contribution is 5.89. The van der Waals surface area contributed by atoms with E-state index >= 15 is 0 Å². The van der Waals surface area contributed by atoms with Crippen LogP contribution in [0, 0.1) is 6.92 Å². The van der Waals surface area contributed by atoms with Gasteiger partial charge in [-0.2, -0.15) is 0 Å². The number of fused-ring (bicyclic) bond motifs is 1. The third kappa shape index (κ3) is 2.35. The lowest BCUT2D eigenvalue weighted by Crippen LogP contribution is -2.09. The van der Waals surface area contributed by atoms with Crippen LogP contribution in [0.2, 0.25) is 0 Å². The standard InChI is InChI=1S/C14H14N2.CH2O/c1-10-3-2-4-11(7-10)13-8-12-5-6-15-14(12)16-9-13;1-2/h2-8,15-16H,9H2,1H3;1H2. The molecule has 18 heavy (non-hydrogen) atoms. The summed E-state index contributed by atoms with van der Waals surface area (Å²) in [4.78, 5) is 11.2. The first-order valence-electron chi connectivity index (χ1n) is 5.81. The molecule has 0 unspecified atom stereocenters. The number of carbonyl (C=O) groups excluding carboxylic acids is 1. The lowest BCUT2D eigenvalue weighted by atomic mass is 10.00. The number of aromatic amines is 1. The molecule has 2 aromatic rings. The van der Waals surface area contributed by atoms with Crippen molar-refractivity contribution in [1.29, 1.82) is 0 Å². The molecule has 1 aromatic heterocycles. The molecule has 2 N–H and O–H groups in total. The zero-order valence-corrected chi connectivity index (χ0v) is 10.4. The average Bonchev–Trinajstić information content (AvgIpc) is 2.88. The first kappa shape index (κ1) is 12.2. The van der Waals surface area contributed by atoms with E-state index in [1.54, 1.807) is 0 Å². The number of rotatable bonds is 1. The van der Waals surface area contributed by atoms with Crippen LogP contribution in [0.5, 0.6) is 0 Å². The summed E-state index contributed by atoms with van der Waals surface area (Å²) in [6, 6.07) is 10.7. The summed E-state index contributed by atoms with van der Waals surface area (Å²) in [5.74, 6) is 1.12. The number of aromatic nitrogens is 1. The summed E-state index contributed by atoms with van der Waals surface area (Å²) < 4.78 is 0. The Bertz CT molecular complexity index is 569. The van der Waals surface area contributed by atoms with Crippen LogP contribution in [0.1, 0.15) is 16.7 Å². The molecule has 92 valence electrons. The van der Waals surface area contributed by atoms with Crippen LogP contribution in [-0.4, -0.2) is 18.3 Å². The molecular weight excluding hydrogens is 224 g/mol. The molecule has 0 bridgehead atoms. The Hall–Kier alpha value is -2.29. The molecule has 1 aliphatic rings. The Balaban J connectivity index is 0.000000574. The fraction of sp³-hybridized carbons (Fsp3) is 0.133. The summed E-state index contributed by atoms with van der Waals surface area (Å²) in [5.41, 5.74) is 5.19. The van der Waals surface area contributed by atoms with E-state index < -0.39 is 0 Å². The second-order valence-corrected chi connectivity index (χ2v) is 4.20. The van der Waals surface area contributed by atoms with Gasteiger partial charge in [-0.1, -0.05) is 29.8 Å². The monoisotopic (exact) mass is 240 g/mol. The molecule has 3 rings (SSSR count). The Morgan fingerprint density at radius 3 is 2.83 bits per heavy atom. The van der Waals surface area contributed by atoms with E-state index in [-0.39, 0.29) is 0 Å². The fourth-order valence-corrected chi connectivity index (χ4v) is 2.11. The second kappa shape index (κ2) is 5.36. The van der Waals surface area contributed by atoms with Gasteiger partial charge in [0.15, 0.2) is 0 Å². The third-order valence-corrected chi connectivity index (χ3v) is 2.95. The van der Waals surface area contributed by atoms with Crippen molar-refractivity contribution in [3.8, 4) is 0 Å². The Morgan fingerprint density at radius 1 is 1.22 bits per heavy atom. The van der Waals surface area contributed by atoms with Crippen molar-refractivity contribution in [3.05, 3.63) is 53.2 Å². The van der Waals surface area contributed by atoms with Crippen molar-refractivity contribution >= 4 is 24.3 Å². The van der Waals surface area contributed by atoms with Crippen LogP contribution >= 0.6 is 0 Å². The number of aryl methyl sites for hydroxylation is 1. The highest BCUT2D eigenvalue weighted by Crippen LogP contribution is 2.27. The van der Waals surface area contributed by atoms with Gasteiger partial charge < -0.3 is 15.1 Å². The van der Waals surface area contributed by atoms with E-state index in [0.717, 1.165) is 12.4 Å². The van der Waals surface area contributed by atoms with E-state index in [9.17, 15) is 0 Å². The van der Waals surface area contributed by atoms with Crippen LogP contribution in [0.3, 0.4) is 0 Å². The molecule has 2 heterocycles. The van der Waals surface area contributed by atoms with Gasteiger partial charge in [-0.25, -0.2) is 0 Å². The maximum Gasteiger partial charge on any atom is 0.110 e. The molecule has 0 saturated heterocycles. The van der Waals surface area contributed by atoms with Gasteiger partial charge in [-0.3, -0.25) is 0 Å². The van der Waals surface area contributed by atoms with Crippen LogP contribution in [0.4, 0.5) is 5.82 Å². The van der Waals surface area contributed by atoms with Crippen LogP contribution in [0.15, 0.2) is 36.5 Å². The predicted octanol–water partition coefficient (Wildman–Crippen LogP) is 3.10. The minimum absolute atomic E-state index is 0.886. The van der Waals surface area contributed by atoms with Gasteiger partial charge in [0.25, 0.3) is 0 Å². The number of nitrogens with one attached hydrogen (secondary N) is 2. The van der Waals surface area contributed by atoms with Crippen molar-refractivity contribution in [2.75, 3.05) is 11.9 Å². The highest BCUT2D eigenvalue weighted by atomic mass is 16.1. The van der Waals surface area contributed by atoms with Crippen molar-refractivity contribution in [3.63, 3.8) is 0 Å². The quantitative estimate of drug-likeness (QED) is 0.804. The number of carbonyl (C=O) groups is 1. The largest absolute Gasteiger partial charge is 0.367 e. The lowest BCUT2D eigenvalue weighted by molar-refractivity contribution is -0.0979. The van der Waals surface area contributed by atoms with Gasteiger partial charge in [-0.15, -0.1) is 0 Å². The number of hydrogen-bond donors (Lipinski definition) is 2. The van der Waals surface area contributed by atoms with Crippen molar-refractivity contribution in [2.24, 2.45) is 0 Å². The third-order valence-electron chi connectivity index (χ3n) is 2.95. The molecule has 0 saturated carbocycles. The number of benzene rings is 1. The Labute approximate surface area is 107 Å². The topological polar surface area (TPSA) is 44.9 Å². The molecule has 0 spiro atoms. The van der Waals surface area contributed by atoms with Gasteiger partial charge in [0, 0.05) is 18.3 Å². The maximum atomic E-state index is 8.00. The zero-order chi connectivity index (χ0) is 13.0. The van der Waals surface area contributed by atoms with E-state index in [1.165, 1.54) is 22.3 Å². The summed E-state index contributed by atoms with van der Waals surface area (Å²) in [7, 11) is 0. The molecule has 3 nitrogen and oxygen atoms in total. The number of hydrogen-bond acceptors (Lipinski definition) is 2. The summed E-state index contributed by atoms with van der Waals surface area (Å²) in [6.07, 6.45) is 4.21. The normalized spacial score (nSPS) is 12.6. The minimum atomic E-state index is 0.886. The smallest absolute Gasteiger partial charge is 0.110 e. The van der Waals surface area contributed by atoms with Crippen LogP contribution < -0.4 is 5.32 Å². The van der Waals surface area contributed by atoms with Gasteiger partial charge in [0.1, 0.15) is 12.6 Å². The molecule has 1 aliphatic heterocycles. The summed E-state index contributed by atoms with van der Waals surface area (Å²) in [5, 5.41) is 3.39. The van der Waals surface area contributed by atoms with Crippen molar-refractivity contribution < 1.29 is 4.79 Å². The molecule has 0 aliphatic carbocycles. The van der Waals surface area contributed by atoms with Crippen molar-refractivity contribution in [1.82, 2.24) is 4.98 Å². The second-order valence-electron chi connectivity index (χ2n) is 4.20. The lowest BCUT2D eigenvalue weighted by Gasteiger charge is -2.16. The van der Waals surface area contributed by atoms with E-state index in [2.05, 4.69) is 53.6 Å². The predicted molar refractivity (Wildman–Crippen MR) is 75.5 cm³/mol. The first-order valence-corrected chi connectivity index (χ1v) is 5.81. The van der Waals surface area contributed by atoms with E-state index in [1.807, 2.05) is 13.0 Å². The number of H-pyrrole nitrogens is 1. The minimum Gasteiger partial charge on any atom is -0.367 e. The molecule has 0 atom stereocenters. The van der Waals surface area contributed by atoms with Gasteiger partial charge >= 0.3 is 0 Å². The van der Waals surface area contributed by atoms with Crippen LogP contribution in [-0.2, 0) is 4.79 Å². The highest BCUT2D eigenvalue weighted by Gasteiger charge is 2.11. The molecular formula is C15H16N2O. The Morgan fingerprint density at radius 2 is 2.06 bits per heavy atom. The molecule has 0 fully saturated rings. The number of anilines is 1. The van der Waals surface area contributed by atoms with E-state index in [0.29, 0.717) is 0 Å². The van der Waals surface area contributed by atoms with Crippen LogP contribution in [0.25, 0.3) is 11.6 Å². The molecule has 3 heteroatoms. The average molecular weight is 240 g/mol. The van der Waals surface area contributed by atoms with Crippen molar-refractivity contribution in [2.45, 2.75) is 6.92 Å². The first-order chi connectivity index (χ1) is 8.83. The summed E-state index contributed by atoms with van der Waals surface area (Å²) in [6.45, 7) is 5.01. The molecule has 1 aromatic carbocycles. The molecule has 0 amide bonds. The van der Waals surface area contributed by atoms with E-state index in [4.69, 9.17) is 4.79 Å². The van der Waals surface area contributed by atoms with Gasteiger partial charge in [0.05, 0.1) is 0 Å². The Kier molecular flexibility index (Phi) is 3.63. The SMILES string of the molecule is C=O.Cc1cccc(C2=Cc3cc[nH]c3NC2)c1. The maximum absolute atomic E-state index is 8.00. The summed E-state index contributed by atoms with van der Waals surface area (Å²) >= 11 is 0. The van der Waals surface area contributed by atoms with Gasteiger partial charge in [-0.05, 0) is 30.2 Å². The van der Waals surface area contributed by atoms with Gasteiger partial charge in [0.2, 0.25) is 0 Å². The fourth-order valence-electron chi connectivity index (χ4n) is 2.11. The molecule has 0 radical (unpaired) electrons.